The molecule has 0 bridgehead atoms. The van der Waals surface area contributed by atoms with E-state index < -0.39 is 0 Å². The fourth-order valence-corrected chi connectivity index (χ4v) is 2.01. The van der Waals surface area contributed by atoms with Crippen molar-refractivity contribution in [3.05, 3.63) is 64.1 Å². The second-order valence-electron chi connectivity index (χ2n) is 4.89. The van der Waals surface area contributed by atoms with Gasteiger partial charge in [0.2, 0.25) is 5.91 Å². The van der Waals surface area contributed by atoms with E-state index in [4.69, 9.17) is 0 Å². The minimum atomic E-state index is -0.307. The van der Waals surface area contributed by atoms with Crippen LogP contribution in [0, 0.1) is 0 Å². The third-order valence-electron chi connectivity index (χ3n) is 3.09. The number of aromatic nitrogens is 1. The van der Waals surface area contributed by atoms with E-state index in [1.54, 1.807) is 49.6 Å². The van der Waals surface area contributed by atoms with E-state index in [1.165, 1.54) is 11.5 Å². The average Bonchev–Trinajstić information content (AvgIpc) is 2.48. The van der Waals surface area contributed by atoms with E-state index in [2.05, 4.69) is 10.6 Å². The molecule has 0 saturated carbocycles. The first-order valence-corrected chi connectivity index (χ1v) is 6.78. The van der Waals surface area contributed by atoms with Crippen LogP contribution in [0.3, 0.4) is 0 Å². The van der Waals surface area contributed by atoms with Gasteiger partial charge in [0.15, 0.2) is 0 Å². The van der Waals surface area contributed by atoms with Gasteiger partial charge in [0.1, 0.15) is 0 Å². The lowest BCUT2D eigenvalue weighted by Gasteiger charge is -2.08. The lowest BCUT2D eigenvalue weighted by molar-refractivity contribution is -0.114. The zero-order chi connectivity index (χ0) is 16.1. The molecule has 0 saturated heterocycles. The van der Waals surface area contributed by atoms with E-state index >= 15 is 0 Å². The highest BCUT2D eigenvalue weighted by Crippen LogP contribution is 2.10. The Kier molecular flexibility index (Phi) is 4.73. The summed E-state index contributed by atoms with van der Waals surface area (Å²) >= 11 is 0. The topological polar surface area (TPSA) is 80.2 Å². The summed E-state index contributed by atoms with van der Waals surface area (Å²) in [5.74, 6) is -0.511. The number of anilines is 1. The number of pyridine rings is 1. The van der Waals surface area contributed by atoms with Gasteiger partial charge in [-0.1, -0.05) is 12.1 Å². The Bertz CT molecular complexity index is 765. The molecule has 2 rings (SSSR count). The van der Waals surface area contributed by atoms with Crippen LogP contribution in [0.25, 0.3) is 0 Å². The highest BCUT2D eigenvalue weighted by Gasteiger charge is 2.08. The summed E-state index contributed by atoms with van der Waals surface area (Å²) in [5, 5.41) is 5.32. The standard InChI is InChI=1S/C16H17N3O3/c1-11(20)18-14-7-3-5-12(9-14)15(21)17-10-13-6-4-8-19(2)16(13)22/h3-9H,10H2,1-2H3,(H,17,21)(H,18,20). The first-order valence-electron chi connectivity index (χ1n) is 6.78. The summed E-state index contributed by atoms with van der Waals surface area (Å²) in [6.07, 6.45) is 1.66. The molecule has 0 radical (unpaired) electrons. The van der Waals surface area contributed by atoms with Crippen LogP contribution in [-0.4, -0.2) is 16.4 Å². The molecule has 1 heterocycles. The quantitative estimate of drug-likeness (QED) is 0.892. The fraction of sp³-hybridized carbons (Fsp3) is 0.188. The number of aryl methyl sites for hydroxylation is 1. The number of hydrogen-bond acceptors (Lipinski definition) is 3. The average molecular weight is 299 g/mol. The Morgan fingerprint density at radius 2 is 1.95 bits per heavy atom. The fourth-order valence-electron chi connectivity index (χ4n) is 2.01. The van der Waals surface area contributed by atoms with E-state index in [0.717, 1.165) is 0 Å². The number of nitrogens with one attached hydrogen (secondary N) is 2. The number of nitrogens with zero attached hydrogens (tertiary/aromatic N) is 1. The number of hydrogen-bond donors (Lipinski definition) is 2. The lowest BCUT2D eigenvalue weighted by Crippen LogP contribution is -2.28. The van der Waals surface area contributed by atoms with Crippen LogP contribution in [0.4, 0.5) is 5.69 Å². The Hall–Kier alpha value is -2.89. The molecule has 1 aromatic carbocycles. The van der Waals surface area contributed by atoms with Crippen molar-refractivity contribution in [3.8, 4) is 0 Å². The predicted molar refractivity (Wildman–Crippen MR) is 83.6 cm³/mol. The molecule has 2 amide bonds. The molecule has 6 nitrogen and oxygen atoms in total. The summed E-state index contributed by atoms with van der Waals surface area (Å²) < 4.78 is 1.46. The van der Waals surface area contributed by atoms with Crippen molar-refractivity contribution in [2.24, 2.45) is 7.05 Å². The molecule has 2 aromatic rings. The Labute approximate surface area is 127 Å². The third-order valence-corrected chi connectivity index (χ3v) is 3.09. The second kappa shape index (κ2) is 6.71. The highest BCUT2D eigenvalue weighted by molar-refractivity contribution is 5.96. The normalized spacial score (nSPS) is 10.1. The van der Waals surface area contributed by atoms with Crippen LogP contribution in [0.1, 0.15) is 22.8 Å². The van der Waals surface area contributed by atoms with Gasteiger partial charge >= 0.3 is 0 Å². The monoisotopic (exact) mass is 299 g/mol. The maximum Gasteiger partial charge on any atom is 0.255 e. The van der Waals surface area contributed by atoms with Crippen molar-refractivity contribution in [3.63, 3.8) is 0 Å². The Morgan fingerprint density at radius 1 is 1.18 bits per heavy atom. The van der Waals surface area contributed by atoms with Crippen molar-refractivity contribution in [2.75, 3.05) is 5.32 Å². The number of carbonyl (C=O) groups is 2. The molecule has 6 heteroatoms. The molecule has 0 spiro atoms. The summed E-state index contributed by atoms with van der Waals surface area (Å²) in [6, 6.07) is 10.0. The maximum absolute atomic E-state index is 12.1. The van der Waals surface area contributed by atoms with Crippen molar-refractivity contribution < 1.29 is 9.59 Å². The Morgan fingerprint density at radius 3 is 2.68 bits per heavy atom. The molecule has 22 heavy (non-hydrogen) atoms. The Balaban J connectivity index is 2.08. The molecule has 1 aromatic heterocycles. The smallest absolute Gasteiger partial charge is 0.255 e. The molecule has 0 unspecified atom stereocenters. The summed E-state index contributed by atoms with van der Waals surface area (Å²) in [6.45, 7) is 1.55. The zero-order valence-corrected chi connectivity index (χ0v) is 12.4. The summed E-state index contributed by atoms with van der Waals surface area (Å²) in [4.78, 5) is 35.0. The first kappa shape index (κ1) is 15.5. The molecule has 0 fully saturated rings. The number of carbonyl (C=O) groups excluding carboxylic acids is 2. The molecule has 2 N–H and O–H groups in total. The minimum absolute atomic E-state index is 0.144. The molecular formula is C16H17N3O3. The van der Waals surface area contributed by atoms with Crippen molar-refractivity contribution >= 4 is 17.5 Å². The summed E-state index contributed by atoms with van der Waals surface area (Å²) in [7, 11) is 1.66. The van der Waals surface area contributed by atoms with Crippen LogP contribution in [0.15, 0.2) is 47.4 Å². The largest absolute Gasteiger partial charge is 0.348 e. The second-order valence-corrected chi connectivity index (χ2v) is 4.89. The van der Waals surface area contributed by atoms with Gasteiger partial charge in [0.05, 0.1) is 0 Å². The molecule has 0 atom stereocenters. The van der Waals surface area contributed by atoms with Gasteiger partial charge in [0, 0.05) is 43.5 Å². The highest BCUT2D eigenvalue weighted by atomic mass is 16.2. The molecule has 114 valence electrons. The molecular weight excluding hydrogens is 282 g/mol. The first-order chi connectivity index (χ1) is 10.5. The van der Waals surface area contributed by atoms with Gasteiger partial charge < -0.3 is 15.2 Å². The SMILES string of the molecule is CC(=O)Nc1cccc(C(=O)NCc2cccn(C)c2=O)c1. The van der Waals surface area contributed by atoms with Crippen molar-refractivity contribution in [2.45, 2.75) is 13.5 Å². The van der Waals surface area contributed by atoms with Gasteiger partial charge in [-0.3, -0.25) is 14.4 Å². The van der Waals surface area contributed by atoms with Crippen LogP contribution >= 0.6 is 0 Å². The molecule has 0 aliphatic carbocycles. The van der Waals surface area contributed by atoms with Gasteiger partial charge in [-0.25, -0.2) is 0 Å². The van der Waals surface area contributed by atoms with E-state index in [9.17, 15) is 14.4 Å². The predicted octanol–water partition coefficient (Wildman–Crippen LogP) is 1.27. The van der Waals surface area contributed by atoms with Crippen molar-refractivity contribution in [1.29, 1.82) is 0 Å². The van der Waals surface area contributed by atoms with E-state index in [0.29, 0.717) is 16.8 Å². The molecule has 0 aliphatic rings. The van der Waals surface area contributed by atoms with Gasteiger partial charge in [0.25, 0.3) is 11.5 Å². The van der Waals surface area contributed by atoms with E-state index in [1.807, 2.05) is 0 Å². The number of rotatable bonds is 4. The maximum atomic E-state index is 12.1. The minimum Gasteiger partial charge on any atom is -0.348 e. The molecule has 0 aliphatic heterocycles. The lowest BCUT2D eigenvalue weighted by atomic mass is 10.2. The third kappa shape index (κ3) is 3.82. The van der Waals surface area contributed by atoms with E-state index in [-0.39, 0.29) is 23.9 Å². The number of amides is 2. The van der Waals surface area contributed by atoms with Crippen LogP contribution in [-0.2, 0) is 18.4 Å². The van der Waals surface area contributed by atoms with Gasteiger partial charge in [-0.2, -0.15) is 0 Å². The van der Waals surface area contributed by atoms with Crippen molar-refractivity contribution in [1.82, 2.24) is 9.88 Å². The summed E-state index contributed by atoms with van der Waals surface area (Å²) in [5.41, 5.74) is 1.33. The van der Waals surface area contributed by atoms with Gasteiger partial charge in [-0.05, 0) is 24.3 Å². The van der Waals surface area contributed by atoms with Crippen LogP contribution < -0.4 is 16.2 Å². The van der Waals surface area contributed by atoms with Gasteiger partial charge in [-0.15, -0.1) is 0 Å². The van der Waals surface area contributed by atoms with Crippen LogP contribution in [0.5, 0.6) is 0 Å². The zero-order valence-electron chi connectivity index (χ0n) is 12.4. The number of benzene rings is 1. The van der Waals surface area contributed by atoms with Crippen LogP contribution in [0.2, 0.25) is 0 Å².